The van der Waals surface area contributed by atoms with E-state index in [9.17, 15) is 0 Å². The van der Waals surface area contributed by atoms with Crippen molar-refractivity contribution in [1.82, 2.24) is 9.97 Å². The zero-order valence-electron chi connectivity index (χ0n) is 9.40. The Bertz CT molecular complexity index is 323. The van der Waals surface area contributed by atoms with E-state index in [0.717, 1.165) is 37.4 Å². The summed E-state index contributed by atoms with van der Waals surface area (Å²) < 4.78 is 5.33. The van der Waals surface area contributed by atoms with Gasteiger partial charge < -0.3 is 9.64 Å². The van der Waals surface area contributed by atoms with Crippen LogP contribution in [0.2, 0.25) is 0 Å². The van der Waals surface area contributed by atoms with Crippen molar-refractivity contribution < 1.29 is 4.74 Å². The Balaban J connectivity index is 1.97. The quantitative estimate of drug-likeness (QED) is 0.757. The molecule has 1 aliphatic heterocycles. The lowest BCUT2D eigenvalue weighted by Gasteiger charge is -2.31. The second-order valence-electron chi connectivity index (χ2n) is 3.92. The molecule has 0 atom stereocenters. The first-order valence-electron chi connectivity index (χ1n) is 5.48. The summed E-state index contributed by atoms with van der Waals surface area (Å²) in [5, 5.41) is 0. The third-order valence-corrected chi connectivity index (χ3v) is 3.20. The molecule has 88 valence electrons. The topological polar surface area (TPSA) is 38.2 Å². The van der Waals surface area contributed by atoms with Gasteiger partial charge in [0.25, 0.3) is 0 Å². The highest BCUT2D eigenvalue weighted by Gasteiger charge is 2.19. The van der Waals surface area contributed by atoms with E-state index in [-0.39, 0.29) is 0 Å². The largest absolute Gasteiger partial charge is 0.381 e. The minimum Gasteiger partial charge on any atom is -0.381 e. The zero-order chi connectivity index (χ0) is 11.4. The van der Waals surface area contributed by atoms with Crippen molar-refractivity contribution in [3.8, 4) is 0 Å². The van der Waals surface area contributed by atoms with E-state index in [2.05, 4.69) is 14.9 Å². The molecule has 0 aliphatic carbocycles. The summed E-state index contributed by atoms with van der Waals surface area (Å²) in [5.74, 6) is 1.35. The molecule has 16 heavy (non-hydrogen) atoms. The molecule has 1 saturated heterocycles. The molecule has 1 aromatic rings. The molecule has 2 rings (SSSR count). The summed E-state index contributed by atoms with van der Waals surface area (Å²) >= 11 is 5.67. The fraction of sp³-hybridized carbons (Fsp3) is 0.636. The fourth-order valence-electron chi connectivity index (χ4n) is 1.90. The third kappa shape index (κ3) is 2.62. The first-order chi connectivity index (χ1) is 7.83. The highest BCUT2D eigenvalue weighted by molar-refractivity contribution is 6.16. The number of halogens is 1. The first kappa shape index (κ1) is 11.6. The lowest BCUT2D eigenvalue weighted by atomic mass is 10.1. The first-order valence-corrected chi connectivity index (χ1v) is 6.01. The summed E-state index contributed by atoms with van der Waals surface area (Å²) in [7, 11) is 1.77. The average molecular weight is 242 g/mol. The van der Waals surface area contributed by atoms with Gasteiger partial charge in [0.15, 0.2) is 0 Å². The standard InChI is InChI=1S/C11H16ClN3O/c1-16-10-2-4-15(5-3-10)11-8-13-9(6-12)7-14-11/h7-8,10H,2-6H2,1H3. The summed E-state index contributed by atoms with van der Waals surface area (Å²) in [6.45, 7) is 1.96. The van der Waals surface area contributed by atoms with Crippen LogP contribution in [0.25, 0.3) is 0 Å². The van der Waals surface area contributed by atoms with Crippen LogP contribution in [0.5, 0.6) is 0 Å². The number of nitrogens with zero attached hydrogens (tertiary/aromatic N) is 3. The molecule has 0 aromatic carbocycles. The minimum absolute atomic E-state index is 0.395. The van der Waals surface area contributed by atoms with E-state index in [1.807, 2.05) is 0 Å². The number of anilines is 1. The number of aromatic nitrogens is 2. The molecule has 5 heteroatoms. The van der Waals surface area contributed by atoms with Crippen LogP contribution in [0.15, 0.2) is 12.4 Å². The zero-order valence-corrected chi connectivity index (χ0v) is 10.2. The summed E-state index contributed by atoms with van der Waals surface area (Å²) in [4.78, 5) is 10.8. The Morgan fingerprint density at radius 3 is 2.62 bits per heavy atom. The number of rotatable bonds is 3. The molecule has 4 nitrogen and oxygen atoms in total. The van der Waals surface area contributed by atoms with E-state index in [1.54, 1.807) is 19.5 Å². The van der Waals surface area contributed by atoms with Gasteiger partial charge in [0.05, 0.1) is 30.1 Å². The van der Waals surface area contributed by atoms with Gasteiger partial charge in [0, 0.05) is 20.2 Å². The molecule has 1 aliphatic rings. The van der Waals surface area contributed by atoms with Gasteiger partial charge >= 0.3 is 0 Å². The van der Waals surface area contributed by atoms with Crippen molar-refractivity contribution in [3.05, 3.63) is 18.1 Å². The van der Waals surface area contributed by atoms with Crippen molar-refractivity contribution in [2.75, 3.05) is 25.1 Å². The van der Waals surface area contributed by atoms with E-state index < -0.39 is 0 Å². The fourth-order valence-corrected chi connectivity index (χ4v) is 2.04. The summed E-state index contributed by atoms with van der Waals surface area (Å²) in [6, 6.07) is 0. The van der Waals surface area contributed by atoms with Crippen LogP contribution in [-0.4, -0.2) is 36.3 Å². The molecular formula is C11H16ClN3O. The highest BCUT2D eigenvalue weighted by atomic mass is 35.5. The normalized spacial score (nSPS) is 17.8. The van der Waals surface area contributed by atoms with E-state index >= 15 is 0 Å². The molecule has 0 bridgehead atoms. The smallest absolute Gasteiger partial charge is 0.147 e. The van der Waals surface area contributed by atoms with Gasteiger partial charge in [-0.1, -0.05) is 0 Å². The predicted molar refractivity (Wildman–Crippen MR) is 63.8 cm³/mol. The minimum atomic E-state index is 0.395. The van der Waals surface area contributed by atoms with Gasteiger partial charge in [-0.2, -0.15) is 0 Å². The van der Waals surface area contributed by atoms with Crippen molar-refractivity contribution >= 4 is 17.4 Å². The van der Waals surface area contributed by atoms with Crippen molar-refractivity contribution in [3.63, 3.8) is 0 Å². The van der Waals surface area contributed by atoms with Crippen LogP contribution < -0.4 is 4.90 Å². The Kier molecular flexibility index (Phi) is 3.96. The van der Waals surface area contributed by atoms with Gasteiger partial charge in [0.2, 0.25) is 0 Å². The molecule has 2 heterocycles. The van der Waals surface area contributed by atoms with E-state index in [4.69, 9.17) is 16.3 Å². The SMILES string of the molecule is COC1CCN(c2cnc(CCl)cn2)CC1. The van der Waals surface area contributed by atoms with Crippen LogP contribution in [0, 0.1) is 0 Å². The van der Waals surface area contributed by atoms with Crippen LogP contribution >= 0.6 is 11.6 Å². The van der Waals surface area contributed by atoms with Crippen LogP contribution in [0.1, 0.15) is 18.5 Å². The molecule has 0 N–H and O–H groups in total. The number of hydrogen-bond donors (Lipinski definition) is 0. The third-order valence-electron chi connectivity index (χ3n) is 2.93. The molecule has 0 radical (unpaired) electrons. The van der Waals surface area contributed by atoms with E-state index in [1.165, 1.54) is 0 Å². The highest BCUT2D eigenvalue weighted by Crippen LogP contribution is 2.18. The molecule has 1 aromatic heterocycles. The lowest BCUT2D eigenvalue weighted by Crippen LogP contribution is -2.37. The summed E-state index contributed by atoms with van der Waals surface area (Å²) in [6.07, 6.45) is 6.03. The monoisotopic (exact) mass is 241 g/mol. The maximum absolute atomic E-state index is 5.67. The number of methoxy groups -OCH3 is 1. The van der Waals surface area contributed by atoms with Gasteiger partial charge in [-0.05, 0) is 12.8 Å². The molecule has 0 amide bonds. The molecule has 0 spiro atoms. The average Bonchev–Trinajstić information content (AvgIpc) is 2.39. The van der Waals surface area contributed by atoms with Crippen molar-refractivity contribution in [2.45, 2.75) is 24.8 Å². The lowest BCUT2D eigenvalue weighted by molar-refractivity contribution is 0.0818. The van der Waals surface area contributed by atoms with Crippen LogP contribution in [0.4, 0.5) is 5.82 Å². The predicted octanol–water partition coefficient (Wildman–Crippen LogP) is 1.83. The number of ether oxygens (including phenoxy) is 1. The van der Waals surface area contributed by atoms with Crippen molar-refractivity contribution in [1.29, 1.82) is 0 Å². The van der Waals surface area contributed by atoms with Crippen molar-refractivity contribution in [2.24, 2.45) is 0 Å². The second kappa shape index (κ2) is 5.46. The maximum Gasteiger partial charge on any atom is 0.147 e. The molecular weight excluding hydrogens is 226 g/mol. The van der Waals surface area contributed by atoms with Crippen LogP contribution in [0.3, 0.4) is 0 Å². The maximum atomic E-state index is 5.67. The van der Waals surface area contributed by atoms with Gasteiger partial charge in [-0.15, -0.1) is 11.6 Å². The van der Waals surface area contributed by atoms with Crippen LogP contribution in [-0.2, 0) is 10.6 Å². The van der Waals surface area contributed by atoms with Gasteiger partial charge in [-0.25, -0.2) is 4.98 Å². The molecule has 0 unspecified atom stereocenters. The summed E-state index contributed by atoms with van der Waals surface area (Å²) in [5.41, 5.74) is 0.817. The van der Waals surface area contributed by atoms with Gasteiger partial charge in [0.1, 0.15) is 5.82 Å². The number of alkyl halides is 1. The second-order valence-corrected chi connectivity index (χ2v) is 4.19. The number of piperidine rings is 1. The number of hydrogen-bond acceptors (Lipinski definition) is 4. The van der Waals surface area contributed by atoms with Gasteiger partial charge in [-0.3, -0.25) is 4.98 Å². The Morgan fingerprint density at radius 2 is 2.12 bits per heavy atom. The Morgan fingerprint density at radius 1 is 1.38 bits per heavy atom. The Hall–Kier alpha value is -0.870. The van der Waals surface area contributed by atoms with E-state index in [0.29, 0.717) is 12.0 Å². The Labute approximate surface area is 101 Å². The molecule has 0 saturated carbocycles. The molecule has 1 fully saturated rings.